The van der Waals surface area contributed by atoms with Gasteiger partial charge in [0, 0.05) is 38.2 Å². The van der Waals surface area contributed by atoms with Crippen LogP contribution in [0.3, 0.4) is 0 Å². The minimum absolute atomic E-state index is 0.115. The van der Waals surface area contributed by atoms with E-state index in [1.54, 1.807) is 0 Å². The standard InChI is InChI=1S/C28H39N3O4/c1-4-29-27(34)30-20-21-8-7-9-22(18-21)24-12-11-23(19-25(24)32)28(2,3)13-6-5-10-26(33)31-14-16-35-17-15-31/h7-9,11-12,18-19,32H,4-6,10,13-17,20H2,1-3H3,(H2,29,30,34). The van der Waals surface area contributed by atoms with Crippen LogP contribution in [0.2, 0.25) is 0 Å². The van der Waals surface area contributed by atoms with Gasteiger partial charge >= 0.3 is 6.03 Å². The number of urea groups is 1. The Morgan fingerprint density at radius 2 is 1.83 bits per heavy atom. The summed E-state index contributed by atoms with van der Waals surface area (Å²) in [6.07, 6.45) is 3.32. The molecule has 2 aromatic rings. The second-order valence-corrected chi connectivity index (χ2v) is 9.73. The molecule has 35 heavy (non-hydrogen) atoms. The average molecular weight is 482 g/mol. The predicted molar refractivity (Wildman–Crippen MR) is 138 cm³/mol. The number of morpholine rings is 1. The van der Waals surface area contributed by atoms with E-state index in [9.17, 15) is 14.7 Å². The van der Waals surface area contributed by atoms with E-state index in [1.165, 1.54) is 0 Å². The molecule has 1 heterocycles. The number of carbonyl (C=O) groups is 2. The van der Waals surface area contributed by atoms with Crippen molar-refractivity contribution in [3.05, 3.63) is 53.6 Å². The average Bonchev–Trinajstić information content (AvgIpc) is 2.86. The Hall–Kier alpha value is -3.06. The molecular weight excluding hydrogens is 442 g/mol. The number of amides is 3. The molecule has 1 aliphatic heterocycles. The molecule has 0 saturated carbocycles. The van der Waals surface area contributed by atoms with Crippen LogP contribution in [-0.2, 0) is 21.5 Å². The SMILES string of the molecule is CCNC(=O)NCc1cccc(-c2ccc(C(C)(C)CCCCC(=O)N3CCOCC3)cc2O)c1. The predicted octanol–water partition coefficient (Wildman–Crippen LogP) is 4.58. The third-order valence-electron chi connectivity index (χ3n) is 6.61. The summed E-state index contributed by atoms with van der Waals surface area (Å²) in [6, 6.07) is 13.5. The molecule has 190 valence electrons. The zero-order valence-corrected chi connectivity index (χ0v) is 21.2. The molecule has 0 atom stereocenters. The lowest BCUT2D eigenvalue weighted by atomic mass is 9.79. The topological polar surface area (TPSA) is 90.9 Å². The summed E-state index contributed by atoms with van der Waals surface area (Å²) in [5, 5.41) is 16.4. The summed E-state index contributed by atoms with van der Waals surface area (Å²) in [7, 11) is 0. The van der Waals surface area contributed by atoms with Crippen LogP contribution >= 0.6 is 0 Å². The van der Waals surface area contributed by atoms with Crippen molar-refractivity contribution < 1.29 is 19.4 Å². The Labute approximate surface area is 208 Å². The number of hydrogen-bond donors (Lipinski definition) is 3. The van der Waals surface area contributed by atoms with E-state index in [0.29, 0.717) is 45.8 Å². The largest absolute Gasteiger partial charge is 0.507 e. The molecule has 0 aromatic heterocycles. The van der Waals surface area contributed by atoms with E-state index >= 15 is 0 Å². The Morgan fingerprint density at radius 1 is 1.06 bits per heavy atom. The first-order chi connectivity index (χ1) is 16.8. The van der Waals surface area contributed by atoms with E-state index in [2.05, 4.69) is 30.5 Å². The van der Waals surface area contributed by atoms with Crippen molar-refractivity contribution in [2.45, 2.75) is 58.4 Å². The molecule has 3 rings (SSSR count). The molecule has 1 aliphatic rings. The van der Waals surface area contributed by atoms with E-state index in [1.807, 2.05) is 48.2 Å². The summed E-state index contributed by atoms with van der Waals surface area (Å²) in [4.78, 5) is 25.9. The van der Waals surface area contributed by atoms with Gasteiger partial charge in [-0.05, 0) is 54.0 Å². The zero-order chi connectivity index (χ0) is 25.3. The molecule has 2 aromatic carbocycles. The Kier molecular flexibility index (Phi) is 9.55. The molecular formula is C28H39N3O4. The van der Waals surface area contributed by atoms with Crippen molar-refractivity contribution >= 4 is 11.9 Å². The number of rotatable bonds is 10. The van der Waals surface area contributed by atoms with Gasteiger partial charge in [0.05, 0.1) is 13.2 Å². The van der Waals surface area contributed by atoms with Crippen molar-refractivity contribution in [3.63, 3.8) is 0 Å². The van der Waals surface area contributed by atoms with Crippen molar-refractivity contribution in [2.75, 3.05) is 32.8 Å². The maximum absolute atomic E-state index is 12.4. The number of carbonyl (C=O) groups excluding carboxylic acids is 2. The number of phenols is 1. The molecule has 0 radical (unpaired) electrons. The number of ether oxygens (including phenoxy) is 1. The smallest absolute Gasteiger partial charge is 0.315 e. The summed E-state index contributed by atoms with van der Waals surface area (Å²) < 4.78 is 5.32. The fourth-order valence-corrected chi connectivity index (χ4v) is 4.41. The van der Waals surface area contributed by atoms with Crippen LogP contribution in [0.1, 0.15) is 57.6 Å². The fraction of sp³-hybridized carbons (Fsp3) is 0.500. The van der Waals surface area contributed by atoms with Gasteiger partial charge in [0.2, 0.25) is 5.91 Å². The summed E-state index contributed by atoms with van der Waals surface area (Å²) in [5.74, 6) is 0.462. The highest BCUT2D eigenvalue weighted by Crippen LogP contribution is 2.36. The molecule has 0 aliphatic carbocycles. The van der Waals surface area contributed by atoms with Gasteiger partial charge in [-0.15, -0.1) is 0 Å². The number of hydrogen-bond acceptors (Lipinski definition) is 4. The molecule has 3 N–H and O–H groups in total. The Balaban J connectivity index is 1.57. The third-order valence-corrected chi connectivity index (χ3v) is 6.61. The second-order valence-electron chi connectivity index (χ2n) is 9.73. The van der Waals surface area contributed by atoms with Gasteiger partial charge in [0.15, 0.2) is 0 Å². The first kappa shape index (κ1) is 26.5. The number of nitrogens with one attached hydrogen (secondary N) is 2. The van der Waals surface area contributed by atoms with Crippen LogP contribution in [0, 0.1) is 0 Å². The lowest BCUT2D eigenvalue weighted by Gasteiger charge is -2.28. The molecule has 1 fully saturated rings. The molecule has 0 unspecified atom stereocenters. The molecule has 0 bridgehead atoms. The first-order valence-corrected chi connectivity index (χ1v) is 12.6. The monoisotopic (exact) mass is 481 g/mol. The fourth-order valence-electron chi connectivity index (χ4n) is 4.41. The van der Waals surface area contributed by atoms with E-state index in [-0.39, 0.29) is 23.1 Å². The van der Waals surface area contributed by atoms with Gasteiger partial charge in [-0.2, -0.15) is 0 Å². The van der Waals surface area contributed by atoms with Crippen molar-refractivity contribution in [1.82, 2.24) is 15.5 Å². The highest BCUT2D eigenvalue weighted by atomic mass is 16.5. The molecule has 1 saturated heterocycles. The van der Waals surface area contributed by atoms with Crippen LogP contribution in [0.25, 0.3) is 11.1 Å². The number of phenolic OH excluding ortho intramolecular Hbond substituents is 1. The van der Waals surface area contributed by atoms with Crippen LogP contribution in [0.5, 0.6) is 5.75 Å². The maximum Gasteiger partial charge on any atom is 0.315 e. The molecule has 7 nitrogen and oxygen atoms in total. The normalized spacial score (nSPS) is 14.0. The highest BCUT2D eigenvalue weighted by Gasteiger charge is 2.22. The molecule has 0 spiro atoms. The van der Waals surface area contributed by atoms with Gasteiger partial charge in [-0.3, -0.25) is 4.79 Å². The molecule has 7 heteroatoms. The zero-order valence-electron chi connectivity index (χ0n) is 21.2. The molecule has 3 amide bonds. The number of benzene rings is 2. The van der Waals surface area contributed by atoms with Gasteiger partial charge < -0.3 is 25.4 Å². The van der Waals surface area contributed by atoms with E-state index in [0.717, 1.165) is 41.5 Å². The van der Waals surface area contributed by atoms with Crippen LogP contribution in [0.15, 0.2) is 42.5 Å². The summed E-state index contributed by atoms with van der Waals surface area (Å²) >= 11 is 0. The summed E-state index contributed by atoms with van der Waals surface area (Å²) in [5.41, 5.74) is 3.59. The Bertz CT molecular complexity index is 999. The number of nitrogens with zero attached hydrogens (tertiary/aromatic N) is 1. The minimum Gasteiger partial charge on any atom is -0.507 e. The second kappa shape index (κ2) is 12.6. The van der Waals surface area contributed by atoms with Crippen LogP contribution < -0.4 is 10.6 Å². The van der Waals surface area contributed by atoms with Gasteiger partial charge in [-0.1, -0.05) is 50.6 Å². The first-order valence-electron chi connectivity index (χ1n) is 12.6. The van der Waals surface area contributed by atoms with E-state index in [4.69, 9.17) is 4.74 Å². The van der Waals surface area contributed by atoms with Gasteiger partial charge in [-0.25, -0.2) is 4.79 Å². The third kappa shape index (κ3) is 7.72. The maximum atomic E-state index is 12.4. The lowest BCUT2D eigenvalue weighted by Crippen LogP contribution is -2.40. The van der Waals surface area contributed by atoms with E-state index < -0.39 is 0 Å². The van der Waals surface area contributed by atoms with Crippen LogP contribution in [0.4, 0.5) is 4.79 Å². The van der Waals surface area contributed by atoms with Crippen molar-refractivity contribution in [1.29, 1.82) is 0 Å². The van der Waals surface area contributed by atoms with Gasteiger partial charge in [0.1, 0.15) is 5.75 Å². The highest BCUT2D eigenvalue weighted by molar-refractivity contribution is 5.76. The van der Waals surface area contributed by atoms with Gasteiger partial charge in [0.25, 0.3) is 0 Å². The number of unbranched alkanes of at least 4 members (excludes halogenated alkanes) is 1. The van der Waals surface area contributed by atoms with Crippen molar-refractivity contribution in [3.8, 4) is 16.9 Å². The Morgan fingerprint density at radius 3 is 2.54 bits per heavy atom. The minimum atomic E-state index is -0.196. The van der Waals surface area contributed by atoms with Crippen LogP contribution in [-0.4, -0.2) is 54.8 Å². The number of aromatic hydroxyl groups is 1. The van der Waals surface area contributed by atoms with Crippen molar-refractivity contribution in [2.24, 2.45) is 0 Å². The summed E-state index contributed by atoms with van der Waals surface area (Å²) in [6.45, 7) is 9.90. The quantitative estimate of drug-likeness (QED) is 0.434. The lowest BCUT2D eigenvalue weighted by molar-refractivity contribution is -0.135.